The van der Waals surface area contributed by atoms with E-state index >= 15 is 0 Å². The van der Waals surface area contributed by atoms with Crippen LogP contribution in [-0.2, 0) is 4.74 Å². The van der Waals surface area contributed by atoms with E-state index in [1.165, 1.54) is 0 Å². The van der Waals surface area contributed by atoms with Crippen LogP contribution in [-0.4, -0.2) is 44.8 Å². The van der Waals surface area contributed by atoms with E-state index < -0.39 is 0 Å². The van der Waals surface area contributed by atoms with Gasteiger partial charge in [0.15, 0.2) is 5.65 Å². The van der Waals surface area contributed by atoms with Gasteiger partial charge in [-0.15, -0.1) is 11.3 Å². The number of nitrogens with one attached hydrogen (secondary N) is 1. The molecule has 0 amide bonds. The van der Waals surface area contributed by atoms with Gasteiger partial charge in [0.05, 0.1) is 24.7 Å². The average Bonchev–Trinajstić information content (AvgIpc) is 3.18. The highest BCUT2D eigenvalue weighted by atomic mass is 32.1. The van der Waals surface area contributed by atoms with Crippen LogP contribution in [0.5, 0.6) is 0 Å². The predicted molar refractivity (Wildman–Crippen MR) is 74.7 cm³/mol. The van der Waals surface area contributed by atoms with Crippen LogP contribution in [0.15, 0.2) is 24.1 Å². The van der Waals surface area contributed by atoms with Crippen molar-refractivity contribution in [1.82, 2.24) is 25.1 Å². The lowest BCUT2D eigenvalue weighted by Gasteiger charge is -2.32. The molecule has 3 aromatic rings. The van der Waals surface area contributed by atoms with Crippen LogP contribution in [0.3, 0.4) is 0 Å². The quantitative estimate of drug-likeness (QED) is 0.767. The SMILES string of the molecule is c1csc(C2CN(c3ncnc4[nH]ncc34)CCO2)n1. The molecule has 0 radical (unpaired) electrons. The Hall–Kier alpha value is -2.06. The molecule has 1 saturated heterocycles. The second-order valence-corrected chi connectivity index (χ2v) is 5.43. The number of morpholine rings is 1. The zero-order valence-electron chi connectivity index (χ0n) is 10.6. The smallest absolute Gasteiger partial charge is 0.160 e. The maximum Gasteiger partial charge on any atom is 0.160 e. The summed E-state index contributed by atoms with van der Waals surface area (Å²) in [4.78, 5) is 15.1. The Morgan fingerprint density at radius 2 is 2.35 bits per heavy atom. The summed E-state index contributed by atoms with van der Waals surface area (Å²) in [7, 11) is 0. The van der Waals surface area contributed by atoms with E-state index in [1.807, 2.05) is 5.38 Å². The molecule has 0 bridgehead atoms. The standard InChI is InChI=1S/C12H12N6OS/c1-4-20-12(13-1)9-6-18(2-3-19-9)11-8-5-16-17-10(8)14-7-15-11/h1,4-5,7,9H,2-3,6H2,(H,14,15,16,17). The molecule has 0 aromatic carbocycles. The van der Waals surface area contributed by atoms with E-state index in [9.17, 15) is 0 Å². The van der Waals surface area contributed by atoms with Crippen LogP contribution in [0.2, 0.25) is 0 Å². The molecule has 0 aliphatic carbocycles. The largest absolute Gasteiger partial charge is 0.367 e. The summed E-state index contributed by atoms with van der Waals surface area (Å²) in [6, 6.07) is 0. The zero-order chi connectivity index (χ0) is 13.4. The molecule has 1 unspecified atom stereocenters. The summed E-state index contributed by atoms with van der Waals surface area (Å²) < 4.78 is 5.81. The van der Waals surface area contributed by atoms with Crippen LogP contribution >= 0.6 is 11.3 Å². The lowest BCUT2D eigenvalue weighted by molar-refractivity contribution is 0.0394. The molecular weight excluding hydrogens is 276 g/mol. The number of thiazole rings is 1. The molecule has 1 N–H and O–H groups in total. The minimum Gasteiger partial charge on any atom is -0.367 e. The molecule has 4 heterocycles. The molecule has 3 aromatic heterocycles. The van der Waals surface area contributed by atoms with Gasteiger partial charge in [-0.25, -0.2) is 15.0 Å². The topological polar surface area (TPSA) is 79.8 Å². The number of hydrogen-bond acceptors (Lipinski definition) is 7. The zero-order valence-corrected chi connectivity index (χ0v) is 11.4. The van der Waals surface area contributed by atoms with Crippen molar-refractivity contribution in [2.24, 2.45) is 0 Å². The number of anilines is 1. The van der Waals surface area contributed by atoms with E-state index in [1.54, 1.807) is 30.1 Å². The van der Waals surface area contributed by atoms with Crippen LogP contribution in [0.4, 0.5) is 5.82 Å². The van der Waals surface area contributed by atoms with Gasteiger partial charge in [0.25, 0.3) is 0 Å². The number of rotatable bonds is 2. The number of ether oxygens (including phenoxy) is 1. The van der Waals surface area contributed by atoms with Gasteiger partial charge in [-0.1, -0.05) is 0 Å². The van der Waals surface area contributed by atoms with E-state index in [-0.39, 0.29) is 6.10 Å². The third kappa shape index (κ3) is 1.93. The van der Waals surface area contributed by atoms with Crippen molar-refractivity contribution in [2.75, 3.05) is 24.6 Å². The normalized spacial score (nSPS) is 19.6. The third-order valence-electron chi connectivity index (χ3n) is 3.32. The predicted octanol–water partition coefficient (Wildman–Crippen LogP) is 1.39. The van der Waals surface area contributed by atoms with Gasteiger partial charge in [-0.05, 0) is 0 Å². The number of hydrogen-bond donors (Lipinski definition) is 1. The second kappa shape index (κ2) is 4.80. The van der Waals surface area contributed by atoms with E-state index in [0.717, 1.165) is 34.9 Å². The Kier molecular flexibility index (Phi) is 2.82. The summed E-state index contributed by atoms with van der Waals surface area (Å²) in [5.41, 5.74) is 0.757. The minimum atomic E-state index is 0.000617. The highest BCUT2D eigenvalue weighted by molar-refractivity contribution is 7.09. The summed E-state index contributed by atoms with van der Waals surface area (Å²) in [5.74, 6) is 0.897. The molecule has 4 rings (SSSR count). The summed E-state index contributed by atoms with van der Waals surface area (Å²) in [5, 5.41) is 10.8. The monoisotopic (exact) mass is 288 g/mol. The molecule has 20 heavy (non-hydrogen) atoms. The fourth-order valence-electron chi connectivity index (χ4n) is 2.39. The molecule has 1 fully saturated rings. The lowest BCUT2D eigenvalue weighted by Crippen LogP contribution is -2.38. The molecule has 0 saturated carbocycles. The molecule has 8 heteroatoms. The van der Waals surface area contributed by atoms with Crippen molar-refractivity contribution < 1.29 is 4.74 Å². The van der Waals surface area contributed by atoms with Crippen molar-refractivity contribution in [3.8, 4) is 0 Å². The van der Waals surface area contributed by atoms with Crippen LogP contribution in [0, 0.1) is 0 Å². The Morgan fingerprint density at radius 3 is 3.25 bits per heavy atom. The van der Waals surface area contributed by atoms with Gasteiger partial charge in [-0.2, -0.15) is 5.10 Å². The first-order valence-electron chi connectivity index (χ1n) is 6.32. The Morgan fingerprint density at radius 1 is 1.35 bits per heavy atom. The Bertz CT molecular complexity index is 712. The fraction of sp³-hybridized carbons (Fsp3) is 0.333. The highest BCUT2D eigenvalue weighted by Crippen LogP contribution is 2.28. The highest BCUT2D eigenvalue weighted by Gasteiger charge is 2.26. The summed E-state index contributed by atoms with van der Waals surface area (Å²) in [6.45, 7) is 2.21. The number of aromatic amines is 1. The summed E-state index contributed by atoms with van der Waals surface area (Å²) >= 11 is 1.62. The first kappa shape index (κ1) is 11.7. The molecular formula is C12H12N6OS. The maximum absolute atomic E-state index is 5.81. The fourth-order valence-corrected chi connectivity index (χ4v) is 3.07. The van der Waals surface area contributed by atoms with Crippen LogP contribution in [0.25, 0.3) is 11.0 Å². The molecule has 7 nitrogen and oxygen atoms in total. The molecule has 1 aliphatic rings. The van der Waals surface area contributed by atoms with E-state index in [4.69, 9.17) is 4.74 Å². The number of H-pyrrole nitrogens is 1. The van der Waals surface area contributed by atoms with Crippen molar-refractivity contribution in [2.45, 2.75) is 6.10 Å². The van der Waals surface area contributed by atoms with Crippen LogP contribution in [0.1, 0.15) is 11.1 Å². The van der Waals surface area contributed by atoms with Gasteiger partial charge in [-0.3, -0.25) is 5.10 Å². The first-order chi connectivity index (χ1) is 9.92. The average molecular weight is 288 g/mol. The number of fused-ring (bicyclic) bond motifs is 1. The van der Waals surface area contributed by atoms with Crippen molar-refractivity contribution in [3.05, 3.63) is 29.1 Å². The number of nitrogens with zero attached hydrogens (tertiary/aromatic N) is 5. The van der Waals surface area contributed by atoms with E-state index in [0.29, 0.717) is 6.61 Å². The first-order valence-corrected chi connectivity index (χ1v) is 7.20. The van der Waals surface area contributed by atoms with Gasteiger partial charge in [0, 0.05) is 18.1 Å². The van der Waals surface area contributed by atoms with Gasteiger partial charge >= 0.3 is 0 Å². The van der Waals surface area contributed by atoms with Gasteiger partial charge in [0.2, 0.25) is 0 Å². The second-order valence-electron chi connectivity index (χ2n) is 4.51. The third-order valence-corrected chi connectivity index (χ3v) is 4.19. The van der Waals surface area contributed by atoms with Crippen LogP contribution < -0.4 is 4.90 Å². The van der Waals surface area contributed by atoms with E-state index in [2.05, 4.69) is 30.0 Å². The minimum absolute atomic E-state index is 0.000617. The Labute approximate surface area is 118 Å². The maximum atomic E-state index is 5.81. The molecule has 1 atom stereocenters. The van der Waals surface area contributed by atoms with Gasteiger partial charge < -0.3 is 9.64 Å². The summed E-state index contributed by atoms with van der Waals surface area (Å²) in [6.07, 6.45) is 5.13. The van der Waals surface area contributed by atoms with Crippen molar-refractivity contribution in [3.63, 3.8) is 0 Å². The number of aromatic nitrogens is 5. The van der Waals surface area contributed by atoms with Crippen molar-refractivity contribution in [1.29, 1.82) is 0 Å². The molecule has 1 aliphatic heterocycles. The lowest BCUT2D eigenvalue weighted by atomic mass is 10.2. The molecule has 0 spiro atoms. The van der Waals surface area contributed by atoms with Gasteiger partial charge in [0.1, 0.15) is 23.3 Å². The Balaban J connectivity index is 1.66. The molecule has 102 valence electrons. The van der Waals surface area contributed by atoms with Crippen molar-refractivity contribution >= 4 is 28.2 Å².